The highest BCUT2D eigenvalue weighted by Crippen LogP contribution is 2.44. The Morgan fingerprint density at radius 1 is 0.943 bits per heavy atom. The predicted octanol–water partition coefficient (Wildman–Crippen LogP) is 6.32. The molecule has 1 atom stereocenters. The molecule has 0 saturated heterocycles. The van der Waals surface area contributed by atoms with E-state index >= 15 is 0 Å². The minimum Gasteiger partial charge on any atom is -0.494 e. The number of carbonyl (C=O) groups excluding carboxylic acids is 1. The number of hydrogen-bond acceptors (Lipinski definition) is 3. The Morgan fingerprint density at radius 3 is 2.34 bits per heavy atom. The van der Waals surface area contributed by atoms with E-state index in [1.165, 1.54) is 5.56 Å². The summed E-state index contributed by atoms with van der Waals surface area (Å²) in [6.45, 7) is 5.47. The van der Waals surface area contributed by atoms with E-state index in [0.29, 0.717) is 18.8 Å². The highest BCUT2D eigenvalue weighted by atomic mass is 16.5. The maximum atomic E-state index is 13.8. The summed E-state index contributed by atoms with van der Waals surface area (Å²) in [6, 6.07) is 26.5. The zero-order chi connectivity index (χ0) is 24.4. The fourth-order valence-electron chi connectivity index (χ4n) is 4.76. The van der Waals surface area contributed by atoms with Crippen molar-refractivity contribution in [3.8, 4) is 17.0 Å². The van der Waals surface area contributed by atoms with Crippen molar-refractivity contribution >= 4 is 5.91 Å². The molecule has 1 aliphatic heterocycles. The summed E-state index contributed by atoms with van der Waals surface area (Å²) in [6.07, 6.45) is 2.13. The van der Waals surface area contributed by atoms with E-state index < -0.39 is 0 Å². The van der Waals surface area contributed by atoms with Gasteiger partial charge in [-0.05, 0) is 36.6 Å². The lowest BCUT2D eigenvalue weighted by Crippen LogP contribution is -2.29. The van der Waals surface area contributed by atoms with Gasteiger partial charge in [-0.1, -0.05) is 85.6 Å². The predicted molar refractivity (Wildman–Crippen MR) is 138 cm³/mol. The molecular formula is C30H31N3O2. The number of aryl methyl sites for hydroxylation is 2. The molecule has 0 spiro atoms. The number of aromatic nitrogens is 2. The van der Waals surface area contributed by atoms with Crippen LogP contribution in [-0.2, 0) is 13.6 Å². The normalized spacial score (nSPS) is 14.9. The second-order valence-corrected chi connectivity index (χ2v) is 9.19. The summed E-state index contributed by atoms with van der Waals surface area (Å²) >= 11 is 0. The first-order chi connectivity index (χ1) is 17.1. The third kappa shape index (κ3) is 4.46. The molecule has 2 heterocycles. The molecule has 0 bridgehead atoms. The third-order valence-corrected chi connectivity index (χ3v) is 6.62. The number of amides is 1. The van der Waals surface area contributed by atoms with Gasteiger partial charge in [0, 0.05) is 24.7 Å². The Balaban J connectivity index is 1.59. The van der Waals surface area contributed by atoms with Crippen molar-refractivity contribution < 1.29 is 9.53 Å². The molecule has 0 saturated carbocycles. The first-order valence-electron chi connectivity index (χ1n) is 12.3. The molecule has 178 valence electrons. The molecule has 35 heavy (non-hydrogen) atoms. The van der Waals surface area contributed by atoms with Gasteiger partial charge >= 0.3 is 0 Å². The van der Waals surface area contributed by atoms with Crippen LogP contribution < -0.4 is 4.74 Å². The number of carbonyl (C=O) groups is 1. The molecule has 5 nitrogen and oxygen atoms in total. The molecule has 4 aromatic rings. The van der Waals surface area contributed by atoms with E-state index in [2.05, 4.69) is 62.4 Å². The van der Waals surface area contributed by atoms with Gasteiger partial charge in [0.2, 0.25) is 0 Å². The van der Waals surface area contributed by atoms with E-state index in [-0.39, 0.29) is 11.9 Å². The Hall–Kier alpha value is -3.86. The summed E-state index contributed by atoms with van der Waals surface area (Å²) in [4.78, 5) is 15.8. The molecule has 3 aromatic carbocycles. The zero-order valence-corrected chi connectivity index (χ0v) is 20.6. The maximum absolute atomic E-state index is 13.8. The molecular weight excluding hydrogens is 434 g/mol. The lowest BCUT2D eigenvalue weighted by Gasteiger charge is -2.27. The van der Waals surface area contributed by atoms with Crippen molar-refractivity contribution in [1.82, 2.24) is 14.7 Å². The van der Waals surface area contributed by atoms with E-state index in [4.69, 9.17) is 9.84 Å². The van der Waals surface area contributed by atoms with Crippen LogP contribution in [0.5, 0.6) is 5.75 Å². The van der Waals surface area contributed by atoms with Gasteiger partial charge in [0.25, 0.3) is 5.91 Å². The van der Waals surface area contributed by atoms with Gasteiger partial charge in [-0.2, -0.15) is 5.10 Å². The molecule has 0 N–H and O–H groups in total. The highest BCUT2D eigenvalue weighted by Gasteiger charge is 2.43. The van der Waals surface area contributed by atoms with Gasteiger partial charge < -0.3 is 9.64 Å². The van der Waals surface area contributed by atoms with E-state index in [0.717, 1.165) is 46.5 Å². The van der Waals surface area contributed by atoms with Gasteiger partial charge in [-0.15, -0.1) is 0 Å². The van der Waals surface area contributed by atoms with Crippen molar-refractivity contribution in [1.29, 1.82) is 0 Å². The smallest absolute Gasteiger partial charge is 0.273 e. The average Bonchev–Trinajstić information content (AvgIpc) is 3.36. The van der Waals surface area contributed by atoms with Crippen LogP contribution in [0.1, 0.15) is 58.5 Å². The van der Waals surface area contributed by atoms with Crippen molar-refractivity contribution in [2.24, 2.45) is 7.05 Å². The molecule has 1 amide bonds. The second kappa shape index (κ2) is 9.79. The standard InChI is InChI=1S/C30H31N3O2/c1-4-5-19-35-25-17-15-24(16-18-25)28-26-27(23-13-11-21(2)12-14-23)31-32(3)29(26)30(34)33(28)20-22-9-7-6-8-10-22/h6-18,28H,4-5,19-20H2,1-3H3/t28-/m1/s1. The highest BCUT2D eigenvalue weighted by molar-refractivity contribution is 6.00. The third-order valence-electron chi connectivity index (χ3n) is 6.62. The first-order valence-corrected chi connectivity index (χ1v) is 12.3. The summed E-state index contributed by atoms with van der Waals surface area (Å²) < 4.78 is 7.63. The number of rotatable bonds is 8. The minimum absolute atomic E-state index is 0.00508. The first kappa shape index (κ1) is 22.9. The largest absolute Gasteiger partial charge is 0.494 e. The SMILES string of the molecule is CCCCOc1ccc([C@@H]2c3c(-c4ccc(C)cc4)nn(C)c3C(=O)N2Cc2ccccc2)cc1. The summed E-state index contributed by atoms with van der Waals surface area (Å²) in [7, 11) is 1.86. The molecule has 0 fully saturated rings. The van der Waals surface area contributed by atoms with Gasteiger partial charge in [-0.3, -0.25) is 9.48 Å². The fraction of sp³-hybridized carbons (Fsp3) is 0.267. The molecule has 5 heteroatoms. The molecule has 5 rings (SSSR count). The fourth-order valence-corrected chi connectivity index (χ4v) is 4.76. The lowest BCUT2D eigenvalue weighted by atomic mass is 9.95. The number of ether oxygens (including phenoxy) is 1. The summed E-state index contributed by atoms with van der Waals surface area (Å²) in [5, 5.41) is 4.81. The Bertz CT molecular complexity index is 1310. The number of nitrogens with zero attached hydrogens (tertiary/aromatic N) is 3. The van der Waals surface area contributed by atoms with Crippen molar-refractivity contribution in [3.63, 3.8) is 0 Å². The van der Waals surface area contributed by atoms with Crippen LogP contribution in [0.25, 0.3) is 11.3 Å². The van der Waals surface area contributed by atoms with E-state index in [1.807, 2.05) is 42.3 Å². The average molecular weight is 466 g/mol. The summed E-state index contributed by atoms with van der Waals surface area (Å²) in [5.41, 5.74) is 6.85. The maximum Gasteiger partial charge on any atom is 0.273 e. The Morgan fingerprint density at radius 2 is 1.66 bits per heavy atom. The Kier molecular flexibility index (Phi) is 6.41. The number of hydrogen-bond donors (Lipinski definition) is 0. The molecule has 0 radical (unpaired) electrons. The minimum atomic E-state index is -0.229. The monoisotopic (exact) mass is 465 g/mol. The molecule has 1 aliphatic rings. The molecule has 1 aromatic heterocycles. The zero-order valence-electron chi connectivity index (χ0n) is 20.6. The summed E-state index contributed by atoms with van der Waals surface area (Å²) in [5.74, 6) is 0.858. The van der Waals surface area contributed by atoms with E-state index in [9.17, 15) is 4.79 Å². The van der Waals surface area contributed by atoms with E-state index in [1.54, 1.807) is 4.68 Å². The van der Waals surface area contributed by atoms with Crippen LogP contribution in [-0.4, -0.2) is 27.2 Å². The topological polar surface area (TPSA) is 47.4 Å². The van der Waals surface area contributed by atoms with Crippen molar-refractivity contribution in [3.05, 3.63) is 107 Å². The van der Waals surface area contributed by atoms with Crippen LogP contribution in [0.3, 0.4) is 0 Å². The van der Waals surface area contributed by atoms with Gasteiger partial charge in [0.05, 0.1) is 18.3 Å². The van der Waals surface area contributed by atoms with Crippen LogP contribution >= 0.6 is 0 Å². The van der Waals surface area contributed by atoms with Crippen LogP contribution in [0.4, 0.5) is 0 Å². The van der Waals surface area contributed by atoms with Crippen LogP contribution in [0, 0.1) is 6.92 Å². The van der Waals surface area contributed by atoms with Crippen LogP contribution in [0.15, 0.2) is 78.9 Å². The Labute approximate surface area is 207 Å². The number of fused-ring (bicyclic) bond motifs is 1. The molecule has 0 unspecified atom stereocenters. The number of benzene rings is 3. The number of unbranched alkanes of at least 4 members (excludes halogenated alkanes) is 1. The van der Waals surface area contributed by atoms with Gasteiger partial charge in [-0.25, -0.2) is 0 Å². The quantitative estimate of drug-likeness (QED) is 0.286. The van der Waals surface area contributed by atoms with Crippen molar-refractivity contribution in [2.45, 2.75) is 39.3 Å². The van der Waals surface area contributed by atoms with Gasteiger partial charge in [0.15, 0.2) is 0 Å². The van der Waals surface area contributed by atoms with Crippen LogP contribution in [0.2, 0.25) is 0 Å². The van der Waals surface area contributed by atoms with Crippen molar-refractivity contribution in [2.75, 3.05) is 6.61 Å². The lowest BCUT2D eigenvalue weighted by molar-refractivity contribution is 0.0726. The van der Waals surface area contributed by atoms with Gasteiger partial charge in [0.1, 0.15) is 11.4 Å². The molecule has 0 aliphatic carbocycles. The second-order valence-electron chi connectivity index (χ2n) is 9.19.